The van der Waals surface area contributed by atoms with Crippen LogP contribution in [0.3, 0.4) is 0 Å². The number of nitrogens with one attached hydrogen (secondary N) is 3. The van der Waals surface area contributed by atoms with Crippen molar-refractivity contribution in [3.8, 4) is 0 Å². The molecule has 0 spiro atoms. The molecule has 0 aliphatic carbocycles. The van der Waals surface area contributed by atoms with Gasteiger partial charge in [-0.05, 0) is 31.5 Å². The molecule has 3 aromatic heterocycles. The second-order valence-corrected chi connectivity index (χ2v) is 5.42. The van der Waals surface area contributed by atoms with Crippen molar-refractivity contribution >= 4 is 28.4 Å². The normalized spacial score (nSPS) is 10.9. The lowest BCUT2D eigenvalue weighted by atomic mass is 10.0. The Bertz CT molecular complexity index is 854. The van der Waals surface area contributed by atoms with Gasteiger partial charge >= 0.3 is 0 Å². The van der Waals surface area contributed by atoms with Gasteiger partial charge in [-0.3, -0.25) is 5.41 Å². The lowest BCUT2D eigenvalue weighted by Crippen LogP contribution is -2.15. The topological polar surface area (TPSA) is 142 Å². The molecule has 8 nitrogen and oxygen atoms in total. The first kappa shape index (κ1) is 15.9. The SMILES string of the molecule is N=C(c1cnc2[nH]ccc2c1)c1c(N)ncnc1NCCCCN. The van der Waals surface area contributed by atoms with Crippen molar-refractivity contribution in [2.24, 2.45) is 5.73 Å². The van der Waals surface area contributed by atoms with Gasteiger partial charge in [0.15, 0.2) is 0 Å². The maximum atomic E-state index is 8.53. The van der Waals surface area contributed by atoms with E-state index >= 15 is 0 Å². The number of pyridine rings is 1. The van der Waals surface area contributed by atoms with Crippen LogP contribution in [0.2, 0.25) is 0 Å². The van der Waals surface area contributed by atoms with E-state index in [9.17, 15) is 0 Å². The highest BCUT2D eigenvalue weighted by Crippen LogP contribution is 2.22. The number of nitrogens with zero attached hydrogens (tertiary/aromatic N) is 3. The van der Waals surface area contributed by atoms with Gasteiger partial charge in [0.05, 0.1) is 11.3 Å². The Kier molecular flexibility index (Phi) is 4.66. The minimum absolute atomic E-state index is 0.241. The van der Waals surface area contributed by atoms with E-state index in [-0.39, 0.29) is 11.5 Å². The van der Waals surface area contributed by atoms with Gasteiger partial charge in [0.25, 0.3) is 0 Å². The monoisotopic (exact) mass is 324 g/mol. The smallest absolute Gasteiger partial charge is 0.141 e. The van der Waals surface area contributed by atoms with Crippen molar-refractivity contribution in [2.75, 3.05) is 24.1 Å². The number of aromatic nitrogens is 4. The molecular weight excluding hydrogens is 304 g/mol. The first-order chi connectivity index (χ1) is 11.7. The van der Waals surface area contributed by atoms with E-state index < -0.39 is 0 Å². The van der Waals surface area contributed by atoms with Gasteiger partial charge in [-0.1, -0.05) is 0 Å². The molecule has 3 aromatic rings. The third-order valence-electron chi connectivity index (χ3n) is 3.74. The molecule has 0 aliphatic heterocycles. The summed E-state index contributed by atoms with van der Waals surface area (Å²) in [6.07, 6.45) is 6.70. The standard InChI is InChI=1S/C16H20N8/c17-4-1-2-5-20-16-12(14(19)23-9-24-16)13(18)11-7-10-3-6-21-15(10)22-8-11/h3,6-9,18H,1-2,4-5,17H2,(H,21,22)(H3,19,20,23,24). The van der Waals surface area contributed by atoms with Crippen LogP contribution >= 0.6 is 0 Å². The van der Waals surface area contributed by atoms with Crippen LogP contribution in [0, 0.1) is 5.41 Å². The van der Waals surface area contributed by atoms with Crippen LogP contribution in [0.15, 0.2) is 30.9 Å². The molecule has 0 unspecified atom stereocenters. The molecule has 0 amide bonds. The summed E-state index contributed by atoms with van der Waals surface area (Å²) in [7, 11) is 0. The molecule has 0 saturated heterocycles. The highest BCUT2D eigenvalue weighted by Gasteiger charge is 2.16. The van der Waals surface area contributed by atoms with Crippen molar-refractivity contribution < 1.29 is 0 Å². The van der Waals surface area contributed by atoms with Gasteiger partial charge in [-0.15, -0.1) is 0 Å². The zero-order valence-corrected chi connectivity index (χ0v) is 13.2. The Morgan fingerprint density at radius 1 is 1.25 bits per heavy atom. The number of hydrogen-bond acceptors (Lipinski definition) is 7. The Morgan fingerprint density at radius 2 is 2.12 bits per heavy atom. The summed E-state index contributed by atoms with van der Waals surface area (Å²) >= 11 is 0. The maximum Gasteiger partial charge on any atom is 0.141 e. The van der Waals surface area contributed by atoms with Gasteiger partial charge in [0.1, 0.15) is 23.6 Å². The molecule has 7 N–H and O–H groups in total. The van der Waals surface area contributed by atoms with Crippen molar-refractivity contribution in [1.82, 2.24) is 19.9 Å². The van der Waals surface area contributed by atoms with E-state index in [1.54, 1.807) is 6.20 Å². The van der Waals surface area contributed by atoms with Crippen molar-refractivity contribution in [3.63, 3.8) is 0 Å². The van der Waals surface area contributed by atoms with E-state index in [0.29, 0.717) is 30.0 Å². The highest BCUT2D eigenvalue weighted by molar-refractivity contribution is 6.16. The molecule has 8 heteroatoms. The average Bonchev–Trinajstić information content (AvgIpc) is 3.06. The molecule has 0 atom stereocenters. The minimum Gasteiger partial charge on any atom is -0.383 e. The lowest BCUT2D eigenvalue weighted by Gasteiger charge is -2.13. The van der Waals surface area contributed by atoms with Gasteiger partial charge in [0, 0.05) is 29.9 Å². The average molecular weight is 324 g/mol. The molecular formula is C16H20N8. The number of hydrogen-bond donors (Lipinski definition) is 5. The van der Waals surface area contributed by atoms with Crippen LogP contribution in [-0.4, -0.2) is 38.7 Å². The molecule has 124 valence electrons. The predicted octanol–water partition coefficient (Wildman–Crippen LogP) is 1.50. The summed E-state index contributed by atoms with van der Waals surface area (Å²) in [5, 5.41) is 12.7. The molecule has 0 bridgehead atoms. The zero-order chi connectivity index (χ0) is 16.9. The fraction of sp³-hybridized carbons (Fsp3) is 0.250. The van der Waals surface area contributed by atoms with E-state index in [1.807, 2.05) is 18.3 Å². The number of rotatable bonds is 7. The first-order valence-electron chi connectivity index (χ1n) is 7.77. The van der Waals surface area contributed by atoms with Crippen LogP contribution in [-0.2, 0) is 0 Å². The number of unbranched alkanes of at least 4 members (excludes halogenated alkanes) is 1. The molecule has 0 aromatic carbocycles. The first-order valence-corrected chi connectivity index (χ1v) is 7.77. The number of anilines is 2. The number of nitrogens with two attached hydrogens (primary N) is 2. The van der Waals surface area contributed by atoms with Gasteiger partial charge < -0.3 is 21.8 Å². The molecule has 3 rings (SSSR count). The Hall–Kier alpha value is -3.00. The maximum absolute atomic E-state index is 8.53. The quantitative estimate of drug-likeness (QED) is 0.329. The summed E-state index contributed by atoms with van der Waals surface area (Å²) in [6, 6.07) is 3.81. The van der Waals surface area contributed by atoms with Crippen molar-refractivity contribution in [1.29, 1.82) is 5.41 Å². The second-order valence-electron chi connectivity index (χ2n) is 5.42. The Morgan fingerprint density at radius 3 is 2.96 bits per heavy atom. The van der Waals surface area contributed by atoms with Crippen LogP contribution in [0.4, 0.5) is 11.6 Å². The highest BCUT2D eigenvalue weighted by atomic mass is 15.0. The van der Waals surface area contributed by atoms with Crippen LogP contribution in [0.25, 0.3) is 11.0 Å². The summed E-state index contributed by atoms with van der Waals surface area (Å²) in [4.78, 5) is 15.6. The fourth-order valence-corrected chi connectivity index (χ4v) is 2.48. The molecule has 0 saturated carbocycles. The summed E-state index contributed by atoms with van der Waals surface area (Å²) in [5.74, 6) is 0.823. The summed E-state index contributed by atoms with van der Waals surface area (Å²) in [6.45, 7) is 1.36. The van der Waals surface area contributed by atoms with Crippen molar-refractivity contribution in [3.05, 3.63) is 42.0 Å². The number of H-pyrrole nitrogens is 1. The molecule has 24 heavy (non-hydrogen) atoms. The summed E-state index contributed by atoms with van der Waals surface area (Å²) < 4.78 is 0. The number of aromatic amines is 1. The van der Waals surface area contributed by atoms with E-state index in [1.165, 1.54) is 6.33 Å². The van der Waals surface area contributed by atoms with Gasteiger partial charge in [0.2, 0.25) is 0 Å². The minimum atomic E-state index is 0.241. The molecule has 0 fully saturated rings. The van der Waals surface area contributed by atoms with Crippen LogP contribution < -0.4 is 16.8 Å². The Balaban J connectivity index is 1.90. The molecule has 0 radical (unpaired) electrons. The Labute approximate surface area is 139 Å². The van der Waals surface area contributed by atoms with Crippen molar-refractivity contribution in [2.45, 2.75) is 12.8 Å². The van der Waals surface area contributed by atoms with Gasteiger partial charge in [-0.2, -0.15) is 0 Å². The van der Waals surface area contributed by atoms with E-state index in [0.717, 1.165) is 23.9 Å². The zero-order valence-electron chi connectivity index (χ0n) is 13.2. The molecule has 3 heterocycles. The third kappa shape index (κ3) is 3.18. The molecule has 0 aliphatic rings. The van der Waals surface area contributed by atoms with Gasteiger partial charge in [-0.25, -0.2) is 15.0 Å². The van der Waals surface area contributed by atoms with E-state index in [4.69, 9.17) is 16.9 Å². The second kappa shape index (κ2) is 7.05. The number of fused-ring (bicyclic) bond motifs is 1. The number of nitrogen functional groups attached to an aromatic ring is 1. The van der Waals surface area contributed by atoms with Crippen LogP contribution in [0.1, 0.15) is 24.0 Å². The summed E-state index contributed by atoms with van der Waals surface area (Å²) in [5.41, 5.74) is 13.7. The van der Waals surface area contributed by atoms with Crippen LogP contribution in [0.5, 0.6) is 0 Å². The fourth-order valence-electron chi connectivity index (χ4n) is 2.48. The third-order valence-corrected chi connectivity index (χ3v) is 3.74. The largest absolute Gasteiger partial charge is 0.383 e. The predicted molar refractivity (Wildman–Crippen MR) is 95.2 cm³/mol. The lowest BCUT2D eigenvalue weighted by molar-refractivity contribution is 0.772. The van der Waals surface area contributed by atoms with E-state index in [2.05, 4.69) is 25.3 Å².